The molecule has 0 unspecified atom stereocenters. The van der Waals surface area contributed by atoms with E-state index >= 15 is 0 Å². The van der Waals surface area contributed by atoms with Crippen LogP contribution in [0.3, 0.4) is 0 Å². The Labute approximate surface area is 183 Å². The molecular formula is C18H15N5O4S3. The number of nitrogens with zero attached hydrogens (tertiary/aromatic N) is 3. The van der Waals surface area contributed by atoms with Gasteiger partial charge in [0.05, 0.1) is 11.4 Å². The van der Waals surface area contributed by atoms with Gasteiger partial charge in [-0.15, -0.1) is 21.5 Å². The van der Waals surface area contributed by atoms with E-state index in [1.54, 1.807) is 18.2 Å². The Bertz CT molecular complexity index is 1110. The molecule has 2 N–H and O–H groups in total. The van der Waals surface area contributed by atoms with Crippen LogP contribution in [0.5, 0.6) is 11.5 Å². The van der Waals surface area contributed by atoms with Crippen molar-refractivity contribution in [2.75, 3.05) is 23.2 Å². The molecular weight excluding hydrogens is 446 g/mol. The molecule has 154 valence electrons. The third kappa shape index (κ3) is 5.34. The molecule has 1 aliphatic heterocycles. The van der Waals surface area contributed by atoms with E-state index in [-0.39, 0.29) is 24.4 Å². The largest absolute Gasteiger partial charge is 0.454 e. The third-order valence-electron chi connectivity index (χ3n) is 3.65. The smallest absolute Gasteiger partial charge is 0.250 e. The predicted octanol–water partition coefficient (Wildman–Crippen LogP) is 3.41. The Morgan fingerprint density at radius 3 is 2.90 bits per heavy atom. The highest BCUT2D eigenvalue weighted by atomic mass is 32.2. The van der Waals surface area contributed by atoms with Gasteiger partial charge in [0.1, 0.15) is 0 Å². The first-order valence-corrected chi connectivity index (χ1v) is 11.3. The second-order valence-electron chi connectivity index (χ2n) is 5.94. The maximum atomic E-state index is 12.1. The van der Waals surface area contributed by atoms with Crippen molar-refractivity contribution < 1.29 is 19.1 Å². The van der Waals surface area contributed by atoms with E-state index in [0.29, 0.717) is 26.1 Å². The number of carbonyl (C=O) groups is 2. The molecule has 0 fully saturated rings. The van der Waals surface area contributed by atoms with Gasteiger partial charge in [-0.25, -0.2) is 4.98 Å². The average molecular weight is 462 g/mol. The molecule has 0 radical (unpaired) electrons. The van der Waals surface area contributed by atoms with Gasteiger partial charge in [0.2, 0.25) is 23.7 Å². The van der Waals surface area contributed by atoms with Gasteiger partial charge in [-0.05, 0) is 30.7 Å². The van der Waals surface area contributed by atoms with Crippen molar-refractivity contribution in [3.63, 3.8) is 0 Å². The molecule has 0 bridgehead atoms. The topological polar surface area (TPSA) is 115 Å². The highest BCUT2D eigenvalue weighted by Gasteiger charge is 2.13. The molecule has 2 amide bonds. The van der Waals surface area contributed by atoms with E-state index in [9.17, 15) is 9.59 Å². The van der Waals surface area contributed by atoms with Crippen LogP contribution in [0.1, 0.15) is 11.3 Å². The lowest BCUT2D eigenvalue weighted by molar-refractivity contribution is -0.114. The van der Waals surface area contributed by atoms with Gasteiger partial charge < -0.3 is 14.8 Å². The molecule has 0 saturated carbocycles. The minimum Gasteiger partial charge on any atom is -0.454 e. The molecule has 0 aliphatic carbocycles. The lowest BCUT2D eigenvalue weighted by atomic mass is 10.2. The van der Waals surface area contributed by atoms with Crippen LogP contribution in [-0.2, 0) is 9.59 Å². The zero-order valence-corrected chi connectivity index (χ0v) is 18.0. The van der Waals surface area contributed by atoms with Crippen LogP contribution in [-0.4, -0.2) is 39.5 Å². The Morgan fingerprint density at radius 1 is 1.20 bits per heavy atom. The number of amides is 2. The number of aromatic nitrogens is 3. The molecule has 3 heterocycles. The Balaban J connectivity index is 1.25. The lowest BCUT2D eigenvalue weighted by Gasteiger charge is -1.99. The van der Waals surface area contributed by atoms with Gasteiger partial charge in [-0.2, -0.15) is 0 Å². The summed E-state index contributed by atoms with van der Waals surface area (Å²) in [6.07, 6.45) is 3.06. The number of benzene rings is 1. The highest BCUT2D eigenvalue weighted by Crippen LogP contribution is 2.32. The maximum absolute atomic E-state index is 12.1. The van der Waals surface area contributed by atoms with Crippen molar-refractivity contribution in [1.82, 2.24) is 15.2 Å². The van der Waals surface area contributed by atoms with E-state index < -0.39 is 0 Å². The summed E-state index contributed by atoms with van der Waals surface area (Å²) >= 11 is 3.81. The lowest BCUT2D eigenvalue weighted by Crippen LogP contribution is -2.13. The third-order valence-corrected chi connectivity index (χ3v) is 6.50. The number of thioether (sulfide) groups is 1. The summed E-state index contributed by atoms with van der Waals surface area (Å²) in [5.74, 6) is 0.993. The molecule has 30 heavy (non-hydrogen) atoms. The normalized spacial score (nSPS) is 12.3. The number of anilines is 2. The van der Waals surface area contributed by atoms with Crippen molar-refractivity contribution in [2.24, 2.45) is 0 Å². The predicted molar refractivity (Wildman–Crippen MR) is 116 cm³/mol. The number of rotatable bonds is 7. The highest BCUT2D eigenvalue weighted by molar-refractivity contribution is 8.01. The molecule has 0 spiro atoms. The molecule has 4 rings (SSSR count). The molecule has 0 saturated heterocycles. The van der Waals surface area contributed by atoms with Crippen LogP contribution >= 0.6 is 34.4 Å². The fourth-order valence-electron chi connectivity index (χ4n) is 2.35. The number of hydrogen-bond donors (Lipinski definition) is 2. The minimum atomic E-state index is -0.336. The number of aryl methyl sites for hydroxylation is 1. The van der Waals surface area contributed by atoms with E-state index in [4.69, 9.17) is 9.47 Å². The van der Waals surface area contributed by atoms with Crippen LogP contribution < -0.4 is 20.1 Å². The van der Waals surface area contributed by atoms with Crippen LogP contribution in [0, 0.1) is 6.92 Å². The average Bonchev–Trinajstić information content (AvgIpc) is 3.46. The van der Waals surface area contributed by atoms with Gasteiger partial charge in [-0.1, -0.05) is 29.2 Å². The molecule has 1 aliphatic rings. The standard InChI is InChI=1S/C18H15N5O4S3/c1-10-7-28-16(19-10)21-15(25)8-29-18-23-22-17(30-18)20-14(24)5-3-11-2-4-12-13(6-11)27-9-26-12/h2-7H,8-9H2,1H3,(H,19,21,25)(H,20,22,24)/b5-3+. The summed E-state index contributed by atoms with van der Waals surface area (Å²) in [5, 5.41) is 16.1. The van der Waals surface area contributed by atoms with Crippen molar-refractivity contribution in [1.29, 1.82) is 0 Å². The van der Waals surface area contributed by atoms with Crippen molar-refractivity contribution in [3.05, 3.63) is 40.9 Å². The quantitative estimate of drug-likeness (QED) is 0.312. The van der Waals surface area contributed by atoms with Crippen LogP contribution in [0.25, 0.3) is 6.08 Å². The van der Waals surface area contributed by atoms with Gasteiger partial charge in [0.25, 0.3) is 0 Å². The summed E-state index contributed by atoms with van der Waals surface area (Å²) < 4.78 is 11.1. The van der Waals surface area contributed by atoms with Crippen molar-refractivity contribution in [2.45, 2.75) is 11.3 Å². The SMILES string of the molecule is Cc1csc(NC(=O)CSc2nnc(NC(=O)/C=C/c3ccc4c(c3)OCO4)s2)n1. The number of hydrogen-bond acceptors (Lipinski definition) is 10. The minimum absolute atomic E-state index is 0.172. The van der Waals surface area contributed by atoms with Crippen LogP contribution in [0.4, 0.5) is 10.3 Å². The summed E-state index contributed by atoms with van der Waals surface area (Å²) in [5.41, 5.74) is 1.67. The maximum Gasteiger partial charge on any atom is 0.250 e. The summed E-state index contributed by atoms with van der Waals surface area (Å²) in [7, 11) is 0. The molecule has 9 nitrogen and oxygen atoms in total. The van der Waals surface area contributed by atoms with E-state index in [1.165, 1.54) is 40.5 Å². The van der Waals surface area contributed by atoms with Gasteiger partial charge in [0, 0.05) is 11.5 Å². The fraction of sp³-hybridized carbons (Fsp3) is 0.167. The van der Waals surface area contributed by atoms with Gasteiger partial charge >= 0.3 is 0 Å². The number of thiazole rings is 1. The molecule has 1 aromatic carbocycles. The number of fused-ring (bicyclic) bond motifs is 1. The Kier molecular flexibility index (Phi) is 6.26. The first-order valence-electron chi connectivity index (χ1n) is 8.62. The number of nitrogens with one attached hydrogen (secondary N) is 2. The zero-order valence-electron chi connectivity index (χ0n) is 15.6. The molecule has 12 heteroatoms. The van der Waals surface area contributed by atoms with Crippen molar-refractivity contribution >= 4 is 62.6 Å². The second-order valence-corrected chi connectivity index (χ2v) is 9.00. The van der Waals surface area contributed by atoms with Gasteiger partial charge in [-0.3, -0.25) is 14.9 Å². The molecule has 3 aromatic rings. The van der Waals surface area contributed by atoms with E-state index in [2.05, 4.69) is 25.8 Å². The zero-order chi connectivity index (χ0) is 20.9. The van der Waals surface area contributed by atoms with E-state index in [1.807, 2.05) is 18.4 Å². The second kappa shape index (κ2) is 9.24. The first kappa shape index (κ1) is 20.3. The summed E-state index contributed by atoms with van der Waals surface area (Å²) in [6, 6.07) is 5.42. The molecule has 0 atom stereocenters. The monoisotopic (exact) mass is 461 g/mol. The number of carbonyl (C=O) groups excluding carboxylic acids is 2. The summed E-state index contributed by atoms with van der Waals surface area (Å²) in [6.45, 7) is 2.06. The summed E-state index contributed by atoms with van der Waals surface area (Å²) in [4.78, 5) is 28.3. The fourth-order valence-corrected chi connectivity index (χ4v) is 4.61. The Morgan fingerprint density at radius 2 is 2.07 bits per heavy atom. The van der Waals surface area contributed by atoms with Crippen LogP contribution in [0.15, 0.2) is 34.0 Å². The first-order chi connectivity index (χ1) is 14.5. The van der Waals surface area contributed by atoms with Crippen LogP contribution in [0.2, 0.25) is 0 Å². The Hall–Kier alpha value is -2.96. The van der Waals surface area contributed by atoms with Gasteiger partial charge in [0.15, 0.2) is 21.0 Å². The number of ether oxygens (including phenoxy) is 2. The van der Waals surface area contributed by atoms with Crippen molar-refractivity contribution in [3.8, 4) is 11.5 Å². The molecule has 2 aromatic heterocycles. The van der Waals surface area contributed by atoms with E-state index in [0.717, 1.165) is 11.3 Å².